The number of rotatable bonds is 4. The third-order valence-electron chi connectivity index (χ3n) is 3.95. The van der Waals surface area contributed by atoms with Crippen LogP contribution in [0.3, 0.4) is 0 Å². The normalized spacial score (nSPS) is 21.8. The van der Waals surface area contributed by atoms with Gasteiger partial charge in [-0.1, -0.05) is 30.3 Å². The monoisotopic (exact) mass is 263 g/mol. The minimum absolute atomic E-state index is 0.253. The number of likely N-dealkylation sites (N-methyl/N-ethyl adjacent to an activating group) is 1. The Morgan fingerprint density at radius 3 is 2.58 bits per heavy atom. The summed E-state index contributed by atoms with van der Waals surface area (Å²) in [5.74, 6) is 0. The zero-order valence-corrected chi connectivity index (χ0v) is 11.8. The Kier molecular flexibility index (Phi) is 4.93. The maximum Gasteiger partial charge on any atom is 0.114 e. The molecule has 4 heteroatoms. The van der Waals surface area contributed by atoms with Gasteiger partial charge in [-0.2, -0.15) is 0 Å². The van der Waals surface area contributed by atoms with E-state index >= 15 is 0 Å². The van der Waals surface area contributed by atoms with Crippen LogP contribution in [0.25, 0.3) is 0 Å². The second kappa shape index (κ2) is 6.48. The average Bonchev–Trinajstić information content (AvgIpc) is 2.64. The van der Waals surface area contributed by atoms with Crippen molar-refractivity contribution in [2.45, 2.75) is 12.0 Å². The number of hydrogen-bond acceptors (Lipinski definition) is 4. The lowest BCUT2D eigenvalue weighted by Crippen LogP contribution is -2.47. The molecule has 0 amide bonds. The Bertz CT molecular complexity index is 384. The number of β-amino-alcohol motifs (C(OH)–C–C–N with tert-alkyl or cyclic N) is 1. The van der Waals surface area contributed by atoms with Crippen LogP contribution in [0, 0.1) is 0 Å². The molecule has 1 aliphatic heterocycles. The van der Waals surface area contributed by atoms with Crippen molar-refractivity contribution in [2.75, 3.05) is 46.3 Å². The Morgan fingerprint density at radius 1 is 1.16 bits per heavy atom. The average molecular weight is 263 g/mol. The van der Waals surface area contributed by atoms with E-state index in [4.69, 9.17) is 5.73 Å². The molecule has 1 atom stereocenters. The van der Waals surface area contributed by atoms with Crippen LogP contribution >= 0.6 is 0 Å². The van der Waals surface area contributed by atoms with E-state index in [-0.39, 0.29) is 6.54 Å². The molecule has 106 valence electrons. The summed E-state index contributed by atoms with van der Waals surface area (Å²) in [4.78, 5) is 4.66. The summed E-state index contributed by atoms with van der Waals surface area (Å²) in [5, 5.41) is 10.8. The van der Waals surface area contributed by atoms with E-state index in [0.717, 1.165) is 38.2 Å². The largest absolute Gasteiger partial charge is 0.382 e. The topological polar surface area (TPSA) is 52.7 Å². The molecule has 0 bridgehead atoms. The summed E-state index contributed by atoms with van der Waals surface area (Å²) in [6.45, 7) is 5.06. The van der Waals surface area contributed by atoms with Crippen LogP contribution in [-0.2, 0) is 5.60 Å². The van der Waals surface area contributed by atoms with Gasteiger partial charge in [-0.15, -0.1) is 0 Å². The first-order valence-corrected chi connectivity index (χ1v) is 7.03. The number of nitrogens with two attached hydrogens (primary N) is 1. The van der Waals surface area contributed by atoms with Crippen LogP contribution in [0.5, 0.6) is 0 Å². The maximum atomic E-state index is 10.8. The first kappa shape index (κ1) is 14.5. The van der Waals surface area contributed by atoms with Gasteiger partial charge in [0.15, 0.2) is 0 Å². The van der Waals surface area contributed by atoms with E-state index in [1.807, 2.05) is 30.3 Å². The van der Waals surface area contributed by atoms with Crippen LogP contribution in [0.4, 0.5) is 0 Å². The van der Waals surface area contributed by atoms with E-state index in [2.05, 4.69) is 16.8 Å². The molecule has 1 unspecified atom stereocenters. The van der Waals surface area contributed by atoms with E-state index in [1.54, 1.807) is 0 Å². The molecule has 2 rings (SSSR count). The van der Waals surface area contributed by atoms with Gasteiger partial charge in [0.25, 0.3) is 0 Å². The third kappa shape index (κ3) is 3.76. The summed E-state index contributed by atoms with van der Waals surface area (Å²) in [5.41, 5.74) is 5.81. The molecule has 1 saturated heterocycles. The molecule has 0 aliphatic carbocycles. The van der Waals surface area contributed by atoms with Crippen molar-refractivity contribution < 1.29 is 5.11 Å². The molecule has 4 nitrogen and oxygen atoms in total. The number of nitrogens with zero attached hydrogens (tertiary/aromatic N) is 2. The molecular formula is C15H25N3O. The van der Waals surface area contributed by atoms with Crippen LogP contribution in [0.2, 0.25) is 0 Å². The quantitative estimate of drug-likeness (QED) is 0.829. The minimum Gasteiger partial charge on any atom is -0.382 e. The van der Waals surface area contributed by atoms with Crippen molar-refractivity contribution in [3.05, 3.63) is 35.9 Å². The zero-order chi connectivity index (χ0) is 13.7. The van der Waals surface area contributed by atoms with Gasteiger partial charge in [0.2, 0.25) is 0 Å². The minimum atomic E-state index is -0.940. The Hall–Kier alpha value is -0.940. The van der Waals surface area contributed by atoms with Gasteiger partial charge in [-0.3, -0.25) is 4.90 Å². The fourth-order valence-corrected chi connectivity index (χ4v) is 2.65. The highest BCUT2D eigenvalue weighted by atomic mass is 16.3. The van der Waals surface area contributed by atoms with E-state index in [0.29, 0.717) is 6.54 Å². The lowest BCUT2D eigenvalue weighted by molar-refractivity contribution is 0.00798. The molecule has 0 radical (unpaired) electrons. The summed E-state index contributed by atoms with van der Waals surface area (Å²) in [6.07, 6.45) is 1.14. The molecule has 1 heterocycles. The molecule has 1 aromatic carbocycles. The van der Waals surface area contributed by atoms with E-state index < -0.39 is 5.60 Å². The highest BCUT2D eigenvalue weighted by Gasteiger charge is 2.30. The predicted octanol–water partition coefficient (Wildman–Crippen LogP) is 0.470. The van der Waals surface area contributed by atoms with Crippen LogP contribution < -0.4 is 5.73 Å². The van der Waals surface area contributed by atoms with Gasteiger partial charge in [0.1, 0.15) is 5.60 Å². The molecule has 1 aliphatic rings. The summed E-state index contributed by atoms with van der Waals surface area (Å²) < 4.78 is 0. The number of benzene rings is 1. The lowest BCUT2D eigenvalue weighted by Gasteiger charge is -2.33. The fourth-order valence-electron chi connectivity index (χ4n) is 2.65. The van der Waals surface area contributed by atoms with E-state index in [1.165, 1.54) is 0 Å². The molecule has 19 heavy (non-hydrogen) atoms. The van der Waals surface area contributed by atoms with Gasteiger partial charge < -0.3 is 15.7 Å². The molecular weight excluding hydrogens is 238 g/mol. The van der Waals surface area contributed by atoms with Crippen molar-refractivity contribution in [3.63, 3.8) is 0 Å². The van der Waals surface area contributed by atoms with Gasteiger partial charge in [0, 0.05) is 26.2 Å². The SMILES string of the molecule is CN1CCCN(CC(O)(CN)c2ccccc2)CC1. The van der Waals surface area contributed by atoms with Gasteiger partial charge in [-0.05, 0) is 32.1 Å². The maximum absolute atomic E-state index is 10.8. The standard InChI is InChI=1S/C15H25N3O/c1-17-8-5-9-18(11-10-17)13-15(19,12-16)14-6-3-2-4-7-14/h2-4,6-7,19H,5,8-13,16H2,1H3. The molecule has 1 fully saturated rings. The first-order valence-electron chi connectivity index (χ1n) is 7.03. The van der Waals surface area contributed by atoms with Crippen molar-refractivity contribution >= 4 is 0 Å². The predicted molar refractivity (Wildman–Crippen MR) is 77.9 cm³/mol. The zero-order valence-electron chi connectivity index (χ0n) is 11.8. The van der Waals surface area contributed by atoms with Crippen molar-refractivity contribution in [1.29, 1.82) is 0 Å². The molecule has 0 aromatic heterocycles. The van der Waals surface area contributed by atoms with Crippen LogP contribution in [0.1, 0.15) is 12.0 Å². The fraction of sp³-hybridized carbons (Fsp3) is 0.600. The van der Waals surface area contributed by atoms with Gasteiger partial charge in [-0.25, -0.2) is 0 Å². The molecule has 0 spiro atoms. The molecule has 0 saturated carbocycles. The van der Waals surface area contributed by atoms with Crippen molar-refractivity contribution in [1.82, 2.24) is 9.80 Å². The van der Waals surface area contributed by atoms with Crippen molar-refractivity contribution in [3.8, 4) is 0 Å². The second-order valence-corrected chi connectivity index (χ2v) is 5.53. The van der Waals surface area contributed by atoms with E-state index in [9.17, 15) is 5.11 Å². The summed E-state index contributed by atoms with van der Waals surface area (Å²) in [7, 11) is 2.15. The van der Waals surface area contributed by atoms with Crippen LogP contribution in [0.15, 0.2) is 30.3 Å². The third-order valence-corrected chi connectivity index (χ3v) is 3.95. The lowest BCUT2D eigenvalue weighted by atomic mass is 9.93. The van der Waals surface area contributed by atoms with Crippen LogP contribution in [-0.4, -0.2) is 61.2 Å². The molecule has 3 N–H and O–H groups in total. The highest BCUT2D eigenvalue weighted by molar-refractivity contribution is 5.23. The van der Waals surface area contributed by atoms with Gasteiger partial charge >= 0.3 is 0 Å². The van der Waals surface area contributed by atoms with Gasteiger partial charge in [0.05, 0.1) is 0 Å². The second-order valence-electron chi connectivity index (χ2n) is 5.53. The Labute approximate surface area is 115 Å². The van der Waals surface area contributed by atoms with Crippen molar-refractivity contribution in [2.24, 2.45) is 5.73 Å². The molecule has 1 aromatic rings. The smallest absolute Gasteiger partial charge is 0.114 e. The Morgan fingerprint density at radius 2 is 1.89 bits per heavy atom. The highest BCUT2D eigenvalue weighted by Crippen LogP contribution is 2.21. The summed E-state index contributed by atoms with van der Waals surface area (Å²) >= 11 is 0. The number of hydrogen-bond donors (Lipinski definition) is 2. The number of aliphatic hydroxyl groups is 1. The first-order chi connectivity index (χ1) is 9.14. The Balaban J connectivity index is 2.06. The summed E-state index contributed by atoms with van der Waals surface area (Å²) in [6, 6.07) is 9.77.